The summed E-state index contributed by atoms with van der Waals surface area (Å²) in [4.78, 5) is 22.0. The zero-order valence-electron chi connectivity index (χ0n) is 17.5. The summed E-state index contributed by atoms with van der Waals surface area (Å²) in [6.07, 6.45) is 2.09. The average molecular weight is 483 g/mol. The van der Waals surface area contributed by atoms with E-state index in [-0.39, 0.29) is 25.4 Å². The third-order valence-corrected chi connectivity index (χ3v) is 7.25. The van der Waals surface area contributed by atoms with Crippen molar-refractivity contribution in [1.82, 2.24) is 0 Å². The second-order valence-electron chi connectivity index (χ2n) is 6.27. The molecule has 9 heteroatoms. The number of hydrogen-bond acceptors (Lipinski definition) is 9. The lowest BCUT2D eigenvalue weighted by atomic mass is 10.2. The highest BCUT2D eigenvalue weighted by Crippen LogP contribution is 2.39. The first kappa shape index (κ1) is 25.4. The molecule has 0 aliphatic heterocycles. The van der Waals surface area contributed by atoms with E-state index in [4.69, 9.17) is 18.9 Å². The molecule has 2 atom stereocenters. The van der Waals surface area contributed by atoms with Gasteiger partial charge in [-0.05, 0) is 47.9 Å². The topological polar surface area (TPSA) is 71.1 Å². The van der Waals surface area contributed by atoms with Crippen molar-refractivity contribution in [2.45, 2.75) is 34.5 Å². The third kappa shape index (κ3) is 9.00. The van der Waals surface area contributed by atoms with Crippen LogP contribution in [0.4, 0.5) is 0 Å². The van der Waals surface area contributed by atoms with Crippen molar-refractivity contribution >= 4 is 46.4 Å². The standard InChI is InChI=1S/C22H26O6S3/c1-5-19(23)27-9-7-25-15(3)17-11-21(29-13-17)31-22-12-18(14-30-22)16(4)26-8-10-28-20(24)6-2/h5-6,11-16H,1-2,7-10H2,3-4H3. The molecule has 0 aliphatic carbocycles. The zero-order chi connectivity index (χ0) is 22.6. The lowest BCUT2D eigenvalue weighted by Crippen LogP contribution is -2.10. The quantitative estimate of drug-likeness (QED) is 0.198. The maximum atomic E-state index is 11.0. The van der Waals surface area contributed by atoms with Gasteiger partial charge in [0, 0.05) is 12.2 Å². The summed E-state index contributed by atoms with van der Waals surface area (Å²) < 4.78 is 23.6. The summed E-state index contributed by atoms with van der Waals surface area (Å²) in [5.74, 6) is -0.895. The van der Waals surface area contributed by atoms with Crippen LogP contribution in [-0.2, 0) is 28.5 Å². The van der Waals surface area contributed by atoms with Crippen LogP contribution in [0.2, 0.25) is 0 Å². The molecule has 0 radical (unpaired) electrons. The molecule has 2 heterocycles. The fourth-order valence-electron chi connectivity index (χ4n) is 2.34. The van der Waals surface area contributed by atoms with Gasteiger partial charge in [0.25, 0.3) is 0 Å². The van der Waals surface area contributed by atoms with Crippen LogP contribution in [0.25, 0.3) is 0 Å². The molecule has 0 fully saturated rings. The summed E-state index contributed by atoms with van der Waals surface area (Å²) in [5.41, 5.74) is 2.18. The van der Waals surface area contributed by atoms with Crippen LogP contribution < -0.4 is 0 Å². The van der Waals surface area contributed by atoms with Crippen LogP contribution >= 0.6 is 34.4 Å². The van der Waals surface area contributed by atoms with Crippen molar-refractivity contribution in [3.05, 3.63) is 59.3 Å². The Morgan fingerprint density at radius 1 is 0.871 bits per heavy atom. The van der Waals surface area contributed by atoms with Crippen LogP contribution in [0.15, 0.2) is 56.6 Å². The lowest BCUT2D eigenvalue weighted by molar-refractivity contribution is -0.140. The van der Waals surface area contributed by atoms with Gasteiger partial charge in [-0.15, -0.1) is 22.7 Å². The first-order valence-corrected chi connectivity index (χ1v) is 12.2. The van der Waals surface area contributed by atoms with Gasteiger partial charge >= 0.3 is 11.9 Å². The van der Waals surface area contributed by atoms with Crippen LogP contribution in [0, 0.1) is 0 Å². The minimum atomic E-state index is -0.448. The molecule has 2 aromatic rings. The Morgan fingerprint density at radius 3 is 1.68 bits per heavy atom. The summed E-state index contributed by atoms with van der Waals surface area (Å²) >= 11 is 5.03. The van der Waals surface area contributed by atoms with Crippen LogP contribution in [0.5, 0.6) is 0 Å². The SMILES string of the molecule is C=CC(=O)OCCOC(C)c1csc(Sc2cc(C(C)OCCOC(=O)C=C)cs2)c1. The van der Waals surface area contributed by atoms with E-state index in [0.29, 0.717) is 13.2 Å². The van der Waals surface area contributed by atoms with Crippen molar-refractivity contribution < 1.29 is 28.5 Å². The van der Waals surface area contributed by atoms with Crippen molar-refractivity contribution in [3.8, 4) is 0 Å². The van der Waals surface area contributed by atoms with Crippen molar-refractivity contribution in [2.24, 2.45) is 0 Å². The predicted molar refractivity (Wildman–Crippen MR) is 124 cm³/mol. The third-order valence-electron chi connectivity index (χ3n) is 4.06. The molecule has 0 aliphatic rings. The second-order valence-corrected chi connectivity index (χ2v) is 9.69. The van der Waals surface area contributed by atoms with E-state index in [0.717, 1.165) is 23.3 Å². The Labute approximate surface area is 194 Å². The highest BCUT2D eigenvalue weighted by molar-refractivity contribution is 8.02. The Kier molecular flexibility index (Phi) is 11.0. The number of hydrogen-bond donors (Lipinski definition) is 0. The van der Waals surface area contributed by atoms with Gasteiger partial charge in [0.05, 0.1) is 33.8 Å². The molecule has 168 valence electrons. The van der Waals surface area contributed by atoms with Crippen molar-refractivity contribution in [1.29, 1.82) is 0 Å². The Balaban J connectivity index is 1.77. The van der Waals surface area contributed by atoms with Gasteiger partial charge in [-0.25, -0.2) is 9.59 Å². The van der Waals surface area contributed by atoms with E-state index in [1.54, 1.807) is 34.4 Å². The smallest absolute Gasteiger partial charge is 0.330 e. The van der Waals surface area contributed by atoms with Gasteiger partial charge < -0.3 is 18.9 Å². The fourth-order valence-corrected chi connectivity index (χ4v) is 5.73. The van der Waals surface area contributed by atoms with Gasteiger partial charge in [0.2, 0.25) is 0 Å². The summed E-state index contributed by atoms with van der Waals surface area (Å²) in [7, 11) is 0. The average Bonchev–Trinajstić information content (AvgIpc) is 3.43. The molecule has 0 aromatic carbocycles. The largest absolute Gasteiger partial charge is 0.460 e. The minimum Gasteiger partial charge on any atom is -0.460 e. The van der Waals surface area contributed by atoms with Gasteiger partial charge in [-0.3, -0.25) is 0 Å². The van der Waals surface area contributed by atoms with E-state index < -0.39 is 11.9 Å². The van der Waals surface area contributed by atoms with Crippen molar-refractivity contribution in [3.63, 3.8) is 0 Å². The number of rotatable bonds is 14. The highest BCUT2D eigenvalue weighted by Gasteiger charge is 2.13. The maximum Gasteiger partial charge on any atom is 0.330 e. The van der Waals surface area contributed by atoms with E-state index in [1.807, 2.05) is 13.8 Å². The molecule has 31 heavy (non-hydrogen) atoms. The number of carbonyl (C=O) groups excluding carboxylic acids is 2. The normalized spacial score (nSPS) is 12.7. The van der Waals surface area contributed by atoms with Crippen molar-refractivity contribution in [2.75, 3.05) is 26.4 Å². The first-order valence-electron chi connectivity index (χ1n) is 9.59. The molecule has 0 saturated carbocycles. The molecule has 0 spiro atoms. The van der Waals surface area contributed by atoms with Gasteiger partial charge in [-0.1, -0.05) is 24.9 Å². The zero-order valence-corrected chi connectivity index (χ0v) is 20.0. The predicted octanol–water partition coefficient (Wildman–Crippen LogP) is 5.57. The Morgan fingerprint density at radius 2 is 1.29 bits per heavy atom. The maximum absolute atomic E-state index is 11.0. The van der Waals surface area contributed by atoms with Crippen LogP contribution in [0.1, 0.15) is 37.2 Å². The van der Waals surface area contributed by atoms with E-state index in [9.17, 15) is 9.59 Å². The van der Waals surface area contributed by atoms with E-state index >= 15 is 0 Å². The molecular weight excluding hydrogens is 456 g/mol. The number of ether oxygens (including phenoxy) is 4. The summed E-state index contributed by atoms with van der Waals surface area (Å²) in [5, 5.41) is 4.15. The van der Waals surface area contributed by atoms with Gasteiger partial charge in [0.1, 0.15) is 13.2 Å². The minimum absolute atomic E-state index is 0.0875. The molecule has 0 bridgehead atoms. The molecule has 6 nitrogen and oxygen atoms in total. The molecule has 2 unspecified atom stereocenters. The number of esters is 2. The summed E-state index contributed by atoms with van der Waals surface area (Å²) in [6, 6.07) is 4.23. The molecule has 0 amide bonds. The van der Waals surface area contributed by atoms with E-state index in [1.165, 1.54) is 8.42 Å². The molecule has 2 rings (SSSR count). The number of thiophene rings is 2. The molecule has 0 saturated heterocycles. The fraction of sp³-hybridized carbons (Fsp3) is 0.364. The van der Waals surface area contributed by atoms with E-state index in [2.05, 4.69) is 36.1 Å². The van der Waals surface area contributed by atoms with Gasteiger partial charge in [-0.2, -0.15) is 0 Å². The Bertz CT molecular complexity index is 802. The Hall–Kier alpha value is -1.91. The molecule has 2 aromatic heterocycles. The van der Waals surface area contributed by atoms with Crippen LogP contribution in [-0.4, -0.2) is 38.4 Å². The van der Waals surface area contributed by atoms with Gasteiger partial charge in [0.15, 0.2) is 0 Å². The highest BCUT2D eigenvalue weighted by atomic mass is 32.2. The molecular formula is C22H26O6S3. The first-order chi connectivity index (χ1) is 14.9. The molecule has 0 N–H and O–H groups in total. The summed E-state index contributed by atoms with van der Waals surface area (Å²) in [6.45, 7) is 11.7. The monoisotopic (exact) mass is 482 g/mol. The lowest BCUT2D eigenvalue weighted by Gasteiger charge is -2.11. The second kappa shape index (κ2) is 13.5. The van der Waals surface area contributed by atoms with Crippen LogP contribution in [0.3, 0.4) is 0 Å². The number of carbonyl (C=O) groups is 2.